The zero-order valence-electron chi connectivity index (χ0n) is 8.18. The fourth-order valence-corrected chi connectivity index (χ4v) is 1.80. The van der Waals surface area contributed by atoms with Gasteiger partial charge < -0.3 is 4.74 Å². The number of esters is 1. The van der Waals surface area contributed by atoms with Crippen LogP contribution in [0.2, 0.25) is 0 Å². The van der Waals surface area contributed by atoms with E-state index in [4.69, 9.17) is 16.3 Å². The molecule has 82 valence electrons. The molecule has 0 unspecified atom stereocenters. The van der Waals surface area contributed by atoms with Crippen molar-refractivity contribution in [2.75, 3.05) is 5.88 Å². The lowest BCUT2D eigenvalue weighted by atomic mass is 9.97. The van der Waals surface area contributed by atoms with Crippen LogP contribution in [-0.4, -0.2) is 24.1 Å². The second-order valence-electron chi connectivity index (χ2n) is 3.67. The highest BCUT2D eigenvalue weighted by Gasteiger charge is 2.25. The zero-order chi connectivity index (χ0) is 10.4. The van der Waals surface area contributed by atoms with Gasteiger partial charge in [0, 0.05) is 0 Å². The Morgan fingerprint density at radius 3 is 2.57 bits per heavy atom. The summed E-state index contributed by atoms with van der Waals surface area (Å²) in [5, 5.41) is 0. The van der Waals surface area contributed by atoms with Gasteiger partial charge in [0.15, 0.2) is 0 Å². The number of ether oxygens (including phenoxy) is 1. The SMILES string of the molecule is O=C(CCl)O[C@H]1CCCCCC[C@@H]1F. The number of rotatable bonds is 2. The van der Waals surface area contributed by atoms with E-state index >= 15 is 0 Å². The lowest BCUT2D eigenvalue weighted by Gasteiger charge is -2.23. The van der Waals surface area contributed by atoms with E-state index in [-0.39, 0.29) is 5.88 Å². The maximum Gasteiger partial charge on any atom is 0.321 e. The Bertz CT molecular complexity index is 187. The van der Waals surface area contributed by atoms with Gasteiger partial charge in [0.2, 0.25) is 0 Å². The maximum absolute atomic E-state index is 13.5. The largest absolute Gasteiger partial charge is 0.458 e. The molecule has 0 amide bonds. The van der Waals surface area contributed by atoms with Crippen LogP contribution in [0.5, 0.6) is 0 Å². The third-order valence-corrected chi connectivity index (χ3v) is 2.73. The Morgan fingerprint density at radius 2 is 1.93 bits per heavy atom. The van der Waals surface area contributed by atoms with Gasteiger partial charge in [0.25, 0.3) is 0 Å². The number of alkyl halides is 2. The average Bonchev–Trinajstić information content (AvgIpc) is 2.17. The molecule has 0 radical (unpaired) electrons. The van der Waals surface area contributed by atoms with Crippen LogP contribution in [0.3, 0.4) is 0 Å². The Hall–Kier alpha value is -0.310. The number of halogens is 2. The molecule has 14 heavy (non-hydrogen) atoms. The van der Waals surface area contributed by atoms with Crippen LogP contribution < -0.4 is 0 Å². The van der Waals surface area contributed by atoms with Crippen molar-refractivity contribution in [3.63, 3.8) is 0 Å². The van der Waals surface area contributed by atoms with Crippen LogP contribution in [0, 0.1) is 0 Å². The number of hydrogen-bond donors (Lipinski definition) is 0. The smallest absolute Gasteiger partial charge is 0.321 e. The molecule has 0 aromatic heterocycles. The molecule has 0 spiro atoms. The van der Waals surface area contributed by atoms with E-state index in [0.717, 1.165) is 25.7 Å². The molecule has 4 heteroatoms. The summed E-state index contributed by atoms with van der Waals surface area (Å²) in [5.41, 5.74) is 0. The molecule has 1 aliphatic carbocycles. The van der Waals surface area contributed by atoms with Gasteiger partial charge in [-0.1, -0.05) is 19.3 Å². The molecule has 1 aliphatic rings. The quantitative estimate of drug-likeness (QED) is 0.531. The first-order valence-electron chi connectivity index (χ1n) is 5.13. The average molecular weight is 223 g/mol. The second kappa shape index (κ2) is 6.23. The monoisotopic (exact) mass is 222 g/mol. The first-order chi connectivity index (χ1) is 6.74. The van der Waals surface area contributed by atoms with Crippen molar-refractivity contribution < 1.29 is 13.9 Å². The molecule has 0 bridgehead atoms. The summed E-state index contributed by atoms with van der Waals surface area (Å²) in [5.74, 6) is -0.705. The van der Waals surface area contributed by atoms with Gasteiger partial charge in [0.05, 0.1) is 0 Å². The fourth-order valence-electron chi connectivity index (χ4n) is 1.74. The third kappa shape index (κ3) is 3.82. The van der Waals surface area contributed by atoms with E-state index in [0.29, 0.717) is 12.8 Å². The molecule has 1 saturated carbocycles. The molecular weight excluding hydrogens is 207 g/mol. The van der Waals surface area contributed by atoms with Crippen LogP contribution in [0.25, 0.3) is 0 Å². The summed E-state index contributed by atoms with van der Waals surface area (Å²) >= 11 is 5.29. The van der Waals surface area contributed by atoms with E-state index in [1.807, 2.05) is 0 Å². The number of carbonyl (C=O) groups is 1. The summed E-state index contributed by atoms with van der Waals surface area (Å²) < 4.78 is 18.4. The van der Waals surface area contributed by atoms with Crippen molar-refractivity contribution in [2.24, 2.45) is 0 Å². The Balaban J connectivity index is 2.40. The molecule has 2 atom stereocenters. The minimum Gasteiger partial charge on any atom is -0.458 e. The Kier molecular flexibility index (Phi) is 5.23. The molecule has 0 aliphatic heterocycles. The van der Waals surface area contributed by atoms with E-state index in [1.165, 1.54) is 0 Å². The van der Waals surface area contributed by atoms with Crippen molar-refractivity contribution in [3.8, 4) is 0 Å². The second-order valence-corrected chi connectivity index (χ2v) is 3.94. The lowest BCUT2D eigenvalue weighted by molar-refractivity contribution is -0.150. The minimum atomic E-state index is -1.01. The van der Waals surface area contributed by atoms with Crippen LogP contribution in [0.15, 0.2) is 0 Å². The number of carbonyl (C=O) groups excluding carboxylic acids is 1. The van der Waals surface area contributed by atoms with Gasteiger partial charge >= 0.3 is 5.97 Å². The van der Waals surface area contributed by atoms with Crippen molar-refractivity contribution >= 4 is 17.6 Å². The predicted molar refractivity (Wildman–Crippen MR) is 53.2 cm³/mol. The summed E-state index contributed by atoms with van der Waals surface area (Å²) in [4.78, 5) is 10.9. The molecule has 0 N–H and O–H groups in total. The van der Waals surface area contributed by atoms with Crippen LogP contribution in [-0.2, 0) is 9.53 Å². The molecule has 1 rings (SSSR count). The van der Waals surface area contributed by atoms with Crippen molar-refractivity contribution in [2.45, 2.75) is 50.8 Å². The first-order valence-corrected chi connectivity index (χ1v) is 5.67. The highest BCUT2D eigenvalue weighted by Crippen LogP contribution is 2.22. The highest BCUT2D eigenvalue weighted by molar-refractivity contribution is 6.26. The van der Waals surface area contributed by atoms with Gasteiger partial charge in [-0.15, -0.1) is 11.6 Å². The predicted octanol–water partition coefficient (Wildman–Crippen LogP) is 2.83. The Morgan fingerprint density at radius 1 is 1.29 bits per heavy atom. The highest BCUT2D eigenvalue weighted by atomic mass is 35.5. The molecule has 0 saturated heterocycles. The van der Waals surface area contributed by atoms with Crippen LogP contribution in [0.1, 0.15) is 38.5 Å². The normalized spacial score (nSPS) is 29.0. The first kappa shape index (κ1) is 11.8. The molecule has 0 aromatic rings. The van der Waals surface area contributed by atoms with Gasteiger partial charge in [-0.25, -0.2) is 4.39 Å². The van der Waals surface area contributed by atoms with E-state index in [9.17, 15) is 9.18 Å². The topological polar surface area (TPSA) is 26.3 Å². The van der Waals surface area contributed by atoms with Gasteiger partial charge in [-0.05, 0) is 19.3 Å². The summed E-state index contributed by atoms with van der Waals surface area (Å²) in [6.07, 6.45) is 3.54. The van der Waals surface area contributed by atoms with E-state index in [2.05, 4.69) is 0 Å². The van der Waals surface area contributed by atoms with Gasteiger partial charge in [-0.2, -0.15) is 0 Å². The molecular formula is C10H16ClFO2. The molecule has 0 heterocycles. The van der Waals surface area contributed by atoms with Crippen molar-refractivity contribution in [1.82, 2.24) is 0 Å². The minimum absolute atomic E-state index is 0.191. The Labute approximate surface area is 88.8 Å². The number of hydrogen-bond acceptors (Lipinski definition) is 2. The standard InChI is InChI=1S/C10H16ClFO2/c11-7-10(13)14-9-6-4-2-1-3-5-8(9)12/h8-9H,1-7H2/t8-,9-/m0/s1. The summed E-state index contributed by atoms with van der Waals surface area (Å²) in [6, 6.07) is 0. The lowest BCUT2D eigenvalue weighted by Crippen LogP contribution is -2.29. The molecule has 0 aromatic carbocycles. The van der Waals surface area contributed by atoms with Crippen molar-refractivity contribution in [1.29, 1.82) is 0 Å². The van der Waals surface area contributed by atoms with Crippen LogP contribution >= 0.6 is 11.6 Å². The van der Waals surface area contributed by atoms with E-state index in [1.54, 1.807) is 0 Å². The molecule has 2 nitrogen and oxygen atoms in total. The third-order valence-electron chi connectivity index (χ3n) is 2.51. The summed E-state index contributed by atoms with van der Waals surface area (Å²) in [6.45, 7) is 0. The maximum atomic E-state index is 13.5. The van der Waals surface area contributed by atoms with Gasteiger partial charge in [-0.3, -0.25) is 4.79 Å². The zero-order valence-corrected chi connectivity index (χ0v) is 8.93. The summed E-state index contributed by atoms with van der Waals surface area (Å²) in [7, 11) is 0. The van der Waals surface area contributed by atoms with E-state index < -0.39 is 18.2 Å². The molecule has 1 fully saturated rings. The van der Waals surface area contributed by atoms with Gasteiger partial charge in [0.1, 0.15) is 18.2 Å². The fraction of sp³-hybridized carbons (Fsp3) is 0.900. The van der Waals surface area contributed by atoms with Crippen molar-refractivity contribution in [3.05, 3.63) is 0 Å². The van der Waals surface area contributed by atoms with Crippen LogP contribution in [0.4, 0.5) is 4.39 Å².